The van der Waals surface area contributed by atoms with Crippen molar-refractivity contribution in [3.05, 3.63) is 65.5 Å². The topological polar surface area (TPSA) is 86.8 Å². The highest BCUT2D eigenvalue weighted by molar-refractivity contribution is 7.92. The number of nitrogens with zero attached hydrogens (tertiary/aromatic N) is 2. The van der Waals surface area contributed by atoms with Crippen molar-refractivity contribution >= 4 is 27.5 Å². The van der Waals surface area contributed by atoms with Crippen LogP contribution in [0.5, 0.6) is 0 Å². The van der Waals surface area contributed by atoms with E-state index in [1.807, 2.05) is 32.9 Å². The lowest BCUT2D eigenvalue weighted by molar-refractivity contribution is -0.141. The van der Waals surface area contributed by atoms with Crippen LogP contribution >= 0.6 is 0 Å². The summed E-state index contributed by atoms with van der Waals surface area (Å²) in [6.07, 6.45) is 2.11. The van der Waals surface area contributed by atoms with Gasteiger partial charge in [-0.2, -0.15) is 0 Å². The molecule has 7 nitrogen and oxygen atoms in total. The molecule has 9 heteroatoms. The zero-order valence-electron chi connectivity index (χ0n) is 21.1. The first-order valence-electron chi connectivity index (χ1n) is 11.8. The van der Waals surface area contributed by atoms with Gasteiger partial charge in [-0.15, -0.1) is 0 Å². The summed E-state index contributed by atoms with van der Waals surface area (Å²) >= 11 is 0. The summed E-state index contributed by atoms with van der Waals surface area (Å²) in [4.78, 5) is 27.4. The molecular weight excluding hydrogens is 469 g/mol. The average molecular weight is 506 g/mol. The molecule has 1 N–H and O–H groups in total. The zero-order valence-corrected chi connectivity index (χ0v) is 21.9. The van der Waals surface area contributed by atoms with E-state index in [0.29, 0.717) is 11.3 Å². The Balaban J connectivity index is 2.18. The molecule has 0 aliphatic heterocycles. The van der Waals surface area contributed by atoms with Crippen LogP contribution in [0.3, 0.4) is 0 Å². The van der Waals surface area contributed by atoms with Gasteiger partial charge < -0.3 is 10.2 Å². The van der Waals surface area contributed by atoms with Crippen LogP contribution in [0.4, 0.5) is 10.1 Å². The molecule has 0 aliphatic carbocycles. The number of hydrogen-bond donors (Lipinski definition) is 1. The van der Waals surface area contributed by atoms with Crippen molar-refractivity contribution in [1.82, 2.24) is 10.2 Å². The molecule has 2 aromatic rings. The fraction of sp³-hybridized carbons (Fsp3) is 0.462. The Morgan fingerprint density at radius 1 is 1.06 bits per heavy atom. The molecule has 0 heterocycles. The Morgan fingerprint density at radius 2 is 1.69 bits per heavy atom. The van der Waals surface area contributed by atoms with Gasteiger partial charge in [-0.05, 0) is 51.8 Å². The van der Waals surface area contributed by atoms with Crippen LogP contribution in [0.2, 0.25) is 0 Å². The van der Waals surface area contributed by atoms with Crippen LogP contribution in [0, 0.1) is 12.7 Å². The minimum Gasteiger partial charge on any atom is -0.352 e. The number of benzene rings is 2. The highest BCUT2D eigenvalue weighted by Gasteiger charge is 2.27. The van der Waals surface area contributed by atoms with Crippen LogP contribution in [-0.4, -0.2) is 50.0 Å². The maximum absolute atomic E-state index is 14.3. The number of hydrogen-bond acceptors (Lipinski definition) is 4. The summed E-state index contributed by atoms with van der Waals surface area (Å²) < 4.78 is 40.3. The normalized spacial score (nSPS) is 13.1. The van der Waals surface area contributed by atoms with E-state index >= 15 is 0 Å². The van der Waals surface area contributed by atoms with Crippen LogP contribution in [0.15, 0.2) is 48.5 Å². The van der Waals surface area contributed by atoms with Gasteiger partial charge in [0.2, 0.25) is 21.8 Å². The number of anilines is 1. The van der Waals surface area contributed by atoms with Gasteiger partial charge in [0.15, 0.2) is 0 Å². The van der Waals surface area contributed by atoms with E-state index in [-0.39, 0.29) is 43.8 Å². The largest absolute Gasteiger partial charge is 0.352 e. The Bertz CT molecular complexity index is 1110. The van der Waals surface area contributed by atoms with E-state index < -0.39 is 21.9 Å². The van der Waals surface area contributed by atoms with Crippen LogP contribution in [0.1, 0.15) is 51.2 Å². The first-order chi connectivity index (χ1) is 16.4. The smallest absolute Gasteiger partial charge is 0.242 e. The first-order valence-corrected chi connectivity index (χ1v) is 13.7. The fourth-order valence-electron chi connectivity index (χ4n) is 3.57. The molecule has 0 radical (unpaired) electrons. The molecule has 35 heavy (non-hydrogen) atoms. The zero-order chi connectivity index (χ0) is 26.2. The van der Waals surface area contributed by atoms with E-state index in [9.17, 15) is 22.4 Å². The lowest BCUT2D eigenvalue weighted by Gasteiger charge is -2.30. The van der Waals surface area contributed by atoms with E-state index in [0.717, 1.165) is 18.2 Å². The van der Waals surface area contributed by atoms with E-state index in [2.05, 4.69) is 5.32 Å². The molecule has 2 aromatic carbocycles. The van der Waals surface area contributed by atoms with Gasteiger partial charge in [0.25, 0.3) is 0 Å². The number of amides is 2. The summed E-state index contributed by atoms with van der Waals surface area (Å²) in [5, 5.41) is 2.87. The van der Waals surface area contributed by atoms with Crippen molar-refractivity contribution in [3.8, 4) is 0 Å². The molecule has 192 valence electrons. The van der Waals surface area contributed by atoms with Crippen LogP contribution in [0.25, 0.3) is 0 Å². The van der Waals surface area contributed by atoms with E-state index in [4.69, 9.17) is 0 Å². The molecular formula is C26H36FN3O4S. The monoisotopic (exact) mass is 505 g/mol. The Hall–Kier alpha value is -2.94. The highest BCUT2D eigenvalue weighted by atomic mass is 32.2. The number of sulfonamides is 1. The molecule has 2 atom stereocenters. The molecule has 0 aliphatic rings. The van der Waals surface area contributed by atoms with Gasteiger partial charge in [0.05, 0.1) is 11.9 Å². The number of nitrogens with one attached hydrogen (secondary N) is 1. The fourth-order valence-corrected chi connectivity index (χ4v) is 4.54. The predicted molar refractivity (Wildman–Crippen MR) is 137 cm³/mol. The average Bonchev–Trinajstić information content (AvgIpc) is 2.80. The van der Waals surface area contributed by atoms with Crippen molar-refractivity contribution in [2.75, 3.05) is 17.1 Å². The van der Waals surface area contributed by atoms with Gasteiger partial charge in [-0.25, -0.2) is 12.8 Å². The summed E-state index contributed by atoms with van der Waals surface area (Å²) in [5.74, 6) is -1.12. The number of halogens is 1. The van der Waals surface area contributed by atoms with Crippen molar-refractivity contribution < 1.29 is 22.4 Å². The minimum absolute atomic E-state index is 0.00723. The highest BCUT2D eigenvalue weighted by Crippen LogP contribution is 2.20. The summed E-state index contributed by atoms with van der Waals surface area (Å²) in [7, 11) is -3.55. The Kier molecular flexibility index (Phi) is 10.2. The maximum atomic E-state index is 14.3. The second kappa shape index (κ2) is 12.7. The Morgan fingerprint density at radius 3 is 2.26 bits per heavy atom. The summed E-state index contributed by atoms with van der Waals surface area (Å²) in [6.45, 7) is 7.39. The van der Waals surface area contributed by atoms with Crippen LogP contribution in [-0.2, 0) is 26.2 Å². The number of rotatable bonds is 12. The molecule has 0 saturated carbocycles. The SMILES string of the molecule is CC[C@@H](C)NC(=O)[C@H](C)N(Cc1ccccc1F)C(=O)CCCN(c1ccc(C)cc1)S(C)(=O)=O. The number of carbonyl (C=O) groups is 2. The minimum atomic E-state index is -3.55. The predicted octanol–water partition coefficient (Wildman–Crippen LogP) is 4.01. The molecule has 2 rings (SSSR count). The second-order valence-electron chi connectivity index (χ2n) is 8.88. The molecule has 0 saturated heterocycles. The molecule has 0 aromatic heterocycles. The summed E-state index contributed by atoms with van der Waals surface area (Å²) in [6, 6.07) is 12.4. The Labute approximate surface area is 208 Å². The molecule has 0 spiro atoms. The second-order valence-corrected chi connectivity index (χ2v) is 10.8. The van der Waals surface area contributed by atoms with Gasteiger partial charge in [0, 0.05) is 31.1 Å². The van der Waals surface area contributed by atoms with E-state index in [1.54, 1.807) is 37.3 Å². The van der Waals surface area contributed by atoms with Crippen molar-refractivity contribution in [2.45, 2.75) is 65.6 Å². The quantitative estimate of drug-likeness (QED) is 0.472. The van der Waals surface area contributed by atoms with Gasteiger partial charge in [0.1, 0.15) is 11.9 Å². The number of carbonyl (C=O) groups excluding carboxylic acids is 2. The van der Waals surface area contributed by atoms with Crippen molar-refractivity contribution in [3.63, 3.8) is 0 Å². The standard InChI is InChI=1S/C26H36FN3O4S/c1-6-20(3)28-26(32)21(4)29(18-22-10-7-8-11-24(22)27)25(31)12-9-17-30(35(5,33)34)23-15-13-19(2)14-16-23/h7-8,10-11,13-16,20-21H,6,9,12,17-18H2,1-5H3,(H,28,32)/t20-,21+/m1/s1. The molecule has 2 amide bonds. The van der Waals surface area contributed by atoms with Gasteiger partial charge >= 0.3 is 0 Å². The van der Waals surface area contributed by atoms with Crippen molar-refractivity contribution in [1.29, 1.82) is 0 Å². The molecule has 0 fully saturated rings. The maximum Gasteiger partial charge on any atom is 0.242 e. The van der Waals surface area contributed by atoms with Gasteiger partial charge in [-0.3, -0.25) is 13.9 Å². The summed E-state index contributed by atoms with van der Waals surface area (Å²) in [5.41, 5.74) is 1.84. The van der Waals surface area contributed by atoms with Crippen LogP contribution < -0.4 is 9.62 Å². The third-order valence-corrected chi connectivity index (χ3v) is 7.14. The lowest BCUT2D eigenvalue weighted by Crippen LogP contribution is -2.49. The third-order valence-electron chi connectivity index (χ3n) is 5.94. The van der Waals surface area contributed by atoms with Crippen molar-refractivity contribution in [2.24, 2.45) is 0 Å². The van der Waals surface area contributed by atoms with E-state index in [1.165, 1.54) is 15.3 Å². The molecule has 0 unspecified atom stereocenters. The molecule has 0 bridgehead atoms. The first kappa shape index (κ1) is 28.3. The lowest BCUT2D eigenvalue weighted by atomic mass is 10.1. The third kappa shape index (κ3) is 8.35. The number of aryl methyl sites for hydroxylation is 1. The van der Waals surface area contributed by atoms with Gasteiger partial charge in [-0.1, -0.05) is 42.8 Å².